The van der Waals surface area contributed by atoms with Crippen molar-refractivity contribution in [2.75, 3.05) is 11.9 Å². The Bertz CT molecular complexity index is 524. The third-order valence-electron chi connectivity index (χ3n) is 4.77. The fourth-order valence-corrected chi connectivity index (χ4v) is 2.63. The van der Waals surface area contributed by atoms with Gasteiger partial charge in [0, 0.05) is 12.2 Å². The van der Waals surface area contributed by atoms with Gasteiger partial charge in [-0.3, -0.25) is 0 Å². The van der Waals surface area contributed by atoms with E-state index >= 15 is 0 Å². The van der Waals surface area contributed by atoms with Gasteiger partial charge in [-0.2, -0.15) is 0 Å². The van der Waals surface area contributed by atoms with E-state index in [0.717, 1.165) is 0 Å². The monoisotopic (exact) mass is 277 g/mol. The van der Waals surface area contributed by atoms with Crippen LogP contribution in [0.3, 0.4) is 0 Å². The number of esters is 1. The fourth-order valence-electron chi connectivity index (χ4n) is 2.63. The van der Waals surface area contributed by atoms with E-state index in [-0.39, 0.29) is 16.8 Å². The second kappa shape index (κ2) is 4.72. The van der Waals surface area contributed by atoms with Crippen molar-refractivity contribution in [2.45, 2.75) is 47.6 Å². The summed E-state index contributed by atoms with van der Waals surface area (Å²) in [6.07, 6.45) is 1.53. The van der Waals surface area contributed by atoms with E-state index in [0.29, 0.717) is 29.9 Å². The number of aromatic nitrogens is 2. The maximum atomic E-state index is 11.7. The van der Waals surface area contributed by atoms with Crippen molar-refractivity contribution in [3.05, 3.63) is 17.5 Å². The summed E-state index contributed by atoms with van der Waals surface area (Å²) in [7, 11) is 0. The highest BCUT2D eigenvalue weighted by Gasteiger charge is 2.65. The second-order valence-corrected chi connectivity index (χ2v) is 6.43. The molecule has 0 bridgehead atoms. The number of hydrogen-bond acceptors (Lipinski definition) is 5. The molecule has 2 rings (SSSR count). The van der Waals surface area contributed by atoms with Crippen molar-refractivity contribution in [1.29, 1.82) is 0 Å². The summed E-state index contributed by atoms with van der Waals surface area (Å²) in [4.78, 5) is 20.3. The molecule has 0 amide bonds. The molecule has 0 unspecified atom stereocenters. The van der Waals surface area contributed by atoms with E-state index in [1.54, 1.807) is 13.8 Å². The zero-order chi connectivity index (χ0) is 15.1. The Morgan fingerprint density at radius 3 is 2.40 bits per heavy atom. The number of anilines is 1. The largest absolute Gasteiger partial charge is 0.462 e. The zero-order valence-electron chi connectivity index (χ0n) is 13.1. The van der Waals surface area contributed by atoms with Gasteiger partial charge in [0.05, 0.1) is 17.9 Å². The van der Waals surface area contributed by atoms with Gasteiger partial charge in [0.25, 0.3) is 0 Å². The number of nitrogens with zero attached hydrogens (tertiary/aromatic N) is 2. The Labute approximate surface area is 120 Å². The van der Waals surface area contributed by atoms with Gasteiger partial charge in [0.15, 0.2) is 0 Å². The third kappa shape index (κ3) is 2.25. The van der Waals surface area contributed by atoms with Gasteiger partial charge >= 0.3 is 5.97 Å². The van der Waals surface area contributed by atoms with Crippen LogP contribution in [0.4, 0.5) is 5.95 Å². The topological polar surface area (TPSA) is 64.1 Å². The van der Waals surface area contributed by atoms with Crippen molar-refractivity contribution in [2.24, 2.45) is 10.8 Å². The van der Waals surface area contributed by atoms with Crippen LogP contribution >= 0.6 is 0 Å². The zero-order valence-corrected chi connectivity index (χ0v) is 13.1. The van der Waals surface area contributed by atoms with Crippen LogP contribution < -0.4 is 5.32 Å². The number of nitrogens with one attached hydrogen (secondary N) is 1. The lowest BCUT2D eigenvalue weighted by Gasteiger charge is -2.09. The molecule has 0 aromatic carbocycles. The van der Waals surface area contributed by atoms with Gasteiger partial charge in [-0.25, -0.2) is 14.8 Å². The Morgan fingerprint density at radius 1 is 1.35 bits per heavy atom. The van der Waals surface area contributed by atoms with Crippen molar-refractivity contribution < 1.29 is 9.53 Å². The van der Waals surface area contributed by atoms with Gasteiger partial charge in [-0.15, -0.1) is 0 Å². The first-order chi connectivity index (χ1) is 9.21. The Hall–Kier alpha value is -1.65. The van der Waals surface area contributed by atoms with Crippen LogP contribution in [0.2, 0.25) is 0 Å². The Balaban J connectivity index is 2.13. The van der Waals surface area contributed by atoms with Crippen LogP contribution in [0.5, 0.6) is 0 Å². The molecule has 5 heteroatoms. The smallest absolute Gasteiger partial charge is 0.341 e. The summed E-state index contributed by atoms with van der Waals surface area (Å²) in [5.41, 5.74) is 1.48. The number of carbonyl (C=O) groups is 1. The molecule has 1 N–H and O–H groups in total. The fraction of sp³-hybridized carbons (Fsp3) is 0.667. The Morgan fingerprint density at radius 2 is 1.95 bits per heavy atom. The molecule has 0 spiro atoms. The molecular formula is C15H23N3O2. The second-order valence-electron chi connectivity index (χ2n) is 6.43. The summed E-state index contributed by atoms with van der Waals surface area (Å²) in [6.45, 7) is 12.8. The van der Waals surface area contributed by atoms with Crippen molar-refractivity contribution >= 4 is 11.9 Å². The lowest BCUT2D eigenvalue weighted by atomic mass is 10.0. The number of carbonyl (C=O) groups excluding carboxylic acids is 1. The van der Waals surface area contributed by atoms with E-state index in [1.165, 1.54) is 6.20 Å². The first-order valence-electron chi connectivity index (χ1n) is 6.99. The molecule has 20 heavy (non-hydrogen) atoms. The third-order valence-corrected chi connectivity index (χ3v) is 4.77. The van der Waals surface area contributed by atoms with E-state index < -0.39 is 0 Å². The lowest BCUT2D eigenvalue weighted by Crippen LogP contribution is -2.15. The van der Waals surface area contributed by atoms with Gasteiger partial charge in [-0.05, 0) is 24.7 Å². The lowest BCUT2D eigenvalue weighted by molar-refractivity contribution is 0.0524. The quantitative estimate of drug-likeness (QED) is 0.857. The minimum absolute atomic E-state index is 0.212. The standard InChI is InChI=1S/C15H23N3O2/c1-7-20-11(19)10-8-16-13(17-9(10)2)18-12-14(3,4)15(12,5)6/h8,12H,7H2,1-6H3,(H,16,17,18). The SMILES string of the molecule is CCOC(=O)c1cnc(NC2C(C)(C)C2(C)C)nc1C. The minimum atomic E-state index is -0.372. The van der Waals surface area contributed by atoms with E-state index in [1.807, 2.05) is 0 Å². The highest BCUT2D eigenvalue weighted by Crippen LogP contribution is 2.63. The molecule has 5 nitrogen and oxygen atoms in total. The number of rotatable bonds is 4. The van der Waals surface area contributed by atoms with Crippen LogP contribution in [-0.4, -0.2) is 28.6 Å². The molecule has 0 radical (unpaired) electrons. The molecule has 1 fully saturated rings. The molecule has 1 aliphatic carbocycles. The minimum Gasteiger partial charge on any atom is -0.462 e. The average molecular weight is 277 g/mol. The number of hydrogen-bond donors (Lipinski definition) is 1. The van der Waals surface area contributed by atoms with Gasteiger partial charge in [0.2, 0.25) is 5.95 Å². The molecule has 0 atom stereocenters. The first-order valence-corrected chi connectivity index (χ1v) is 6.99. The maximum Gasteiger partial charge on any atom is 0.341 e. The van der Waals surface area contributed by atoms with E-state index in [9.17, 15) is 4.79 Å². The Kier molecular flexibility index (Phi) is 3.48. The predicted molar refractivity (Wildman–Crippen MR) is 77.7 cm³/mol. The highest BCUT2D eigenvalue weighted by atomic mass is 16.5. The van der Waals surface area contributed by atoms with Gasteiger partial charge in [0.1, 0.15) is 0 Å². The van der Waals surface area contributed by atoms with Crippen LogP contribution in [0.1, 0.15) is 50.7 Å². The predicted octanol–water partition coefficient (Wildman–Crippen LogP) is 2.81. The molecule has 1 aromatic rings. The van der Waals surface area contributed by atoms with Gasteiger partial charge < -0.3 is 10.1 Å². The molecule has 1 heterocycles. The summed E-state index contributed by atoms with van der Waals surface area (Å²) in [6, 6.07) is 0.336. The summed E-state index contributed by atoms with van der Waals surface area (Å²) in [5, 5.41) is 3.36. The molecule has 0 aliphatic heterocycles. The molecule has 1 aliphatic rings. The molecule has 0 saturated heterocycles. The van der Waals surface area contributed by atoms with Crippen LogP contribution in [0.15, 0.2) is 6.20 Å². The van der Waals surface area contributed by atoms with Crippen molar-refractivity contribution in [1.82, 2.24) is 9.97 Å². The van der Waals surface area contributed by atoms with E-state index in [4.69, 9.17) is 4.74 Å². The van der Waals surface area contributed by atoms with Crippen LogP contribution in [-0.2, 0) is 4.74 Å². The van der Waals surface area contributed by atoms with Crippen molar-refractivity contribution in [3.63, 3.8) is 0 Å². The van der Waals surface area contributed by atoms with Crippen LogP contribution in [0, 0.1) is 17.8 Å². The normalized spacial score (nSPS) is 19.5. The number of ether oxygens (including phenoxy) is 1. The van der Waals surface area contributed by atoms with Crippen molar-refractivity contribution in [3.8, 4) is 0 Å². The summed E-state index contributed by atoms with van der Waals surface area (Å²) in [5.74, 6) is 0.197. The maximum absolute atomic E-state index is 11.7. The first kappa shape index (κ1) is 14.8. The van der Waals surface area contributed by atoms with Gasteiger partial charge in [-0.1, -0.05) is 27.7 Å². The highest BCUT2D eigenvalue weighted by molar-refractivity contribution is 5.90. The summed E-state index contributed by atoms with van der Waals surface area (Å²) >= 11 is 0. The summed E-state index contributed by atoms with van der Waals surface area (Å²) < 4.78 is 4.97. The molecule has 110 valence electrons. The molecule has 1 aromatic heterocycles. The average Bonchev–Trinajstić information content (AvgIpc) is 2.72. The molecular weight excluding hydrogens is 254 g/mol. The molecule has 1 saturated carbocycles. The number of aryl methyl sites for hydroxylation is 1. The van der Waals surface area contributed by atoms with E-state index in [2.05, 4.69) is 43.0 Å². The van der Waals surface area contributed by atoms with Crippen LogP contribution in [0.25, 0.3) is 0 Å².